The summed E-state index contributed by atoms with van der Waals surface area (Å²) in [6.45, 7) is 3.55. The third-order valence-corrected chi connectivity index (χ3v) is 3.42. The van der Waals surface area contributed by atoms with Crippen molar-refractivity contribution >= 4 is 29.2 Å². The molecule has 7 heteroatoms. The summed E-state index contributed by atoms with van der Waals surface area (Å²) in [5.74, 6) is -2.02. The molecule has 1 heterocycles. The summed E-state index contributed by atoms with van der Waals surface area (Å²) in [5, 5.41) is 13.3. The highest BCUT2D eigenvalue weighted by atomic mass is 35.5. The lowest BCUT2D eigenvalue weighted by molar-refractivity contribution is 0.0695. The first-order valence-electron chi connectivity index (χ1n) is 5.80. The molecule has 0 aliphatic heterocycles. The molecular weight excluding hydrogens is 306 g/mol. The van der Waals surface area contributed by atoms with Gasteiger partial charge in [0.25, 0.3) is 0 Å². The number of aromatic nitrogens is 2. The van der Waals surface area contributed by atoms with Gasteiger partial charge in [0.05, 0.1) is 10.7 Å². The van der Waals surface area contributed by atoms with E-state index in [-0.39, 0.29) is 33.0 Å². The molecule has 0 amide bonds. The number of para-hydroxylation sites is 1. The number of aromatic carboxylic acids is 1. The summed E-state index contributed by atoms with van der Waals surface area (Å²) in [4.78, 5) is 11.3. The van der Waals surface area contributed by atoms with Crippen LogP contribution in [0.5, 0.6) is 0 Å². The van der Waals surface area contributed by atoms with E-state index in [4.69, 9.17) is 23.2 Å². The molecule has 4 nitrogen and oxygen atoms in total. The lowest BCUT2D eigenvalue weighted by atomic mass is 10.1. The average molecular weight is 317 g/mol. The predicted octanol–water partition coefficient (Wildman–Crippen LogP) is 4.14. The quantitative estimate of drug-likeness (QED) is 0.925. The van der Waals surface area contributed by atoms with Crippen LogP contribution in [0.25, 0.3) is 5.69 Å². The van der Waals surface area contributed by atoms with Crippen LogP contribution in [0.1, 0.15) is 35.8 Å². The fraction of sp³-hybridized carbons (Fsp3) is 0.231. The van der Waals surface area contributed by atoms with Crippen molar-refractivity contribution in [3.8, 4) is 5.69 Å². The van der Waals surface area contributed by atoms with Gasteiger partial charge in [-0.05, 0) is 18.1 Å². The molecule has 2 rings (SSSR count). The molecule has 1 aromatic carbocycles. The van der Waals surface area contributed by atoms with E-state index in [0.717, 1.165) is 4.68 Å². The zero-order valence-electron chi connectivity index (χ0n) is 10.7. The van der Waals surface area contributed by atoms with Gasteiger partial charge in [-0.1, -0.05) is 43.1 Å². The topological polar surface area (TPSA) is 55.1 Å². The molecule has 2 aromatic rings. The van der Waals surface area contributed by atoms with Gasteiger partial charge in [-0.3, -0.25) is 0 Å². The maximum atomic E-state index is 13.9. The van der Waals surface area contributed by atoms with E-state index in [1.165, 1.54) is 18.2 Å². The number of hydrogen-bond acceptors (Lipinski definition) is 2. The third kappa shape index (κ3) is 2.39. The molecule has 0 unspecified atom stereocenters. The first-order chi connectivity index (χ1) is 9.34. The lowest BCUT2D eigenvalue weighted by Gasteiger charge is -2.06. The number of carboxylic acid groups (broad SMARTS) is 1. The Morgan fingerprint density at radius 2 is 2.05 bits per heavy atom. The van der Waals surface area contributed by atoms with Crippen molar-refractivity contribution in [1.82, 2.24) is 9.78 Å². The number of carboxylic acids is 1. The first-order valence-corrected chi connectivity index (χ1v) is 6.56. The summed E-state index contributed by atoms with van der Waals surface area (Å²) in [6, 6.07) is 4.13. The van der Waals surface area contributed by atoms with E-state index in [9.17, 15) is 14.3 Å². The Balaban J connectivity index is 2.77. The van der Waals surface area contributed by atoms with Gasteiger partial charge in [-0.2, -0.15) is 5.10 Å². The van der Waals surface area contributed by atoms with Crippen LogP contribution in [0.2, 0.25) is 10.2 Å². The fourth-order valence-electron chi connectivity index (χ4n) is 1.85. The monoisotopic (exact) mass is 316 g/mol. The second-order valence-electron chi connectivity index (χ2n) is 4.49. The molecule has 0 radical (unpaired) electrons. The van der Waals surface area contributed by atoms with Crippen molar-refractivity contribution in [2.75, 3.05) is 0 Å². The Hall–Kier alpha value is -1.59. The molecule has 0 fully saturated rings. The van der Waals surface area contributed by atoms with Crippen molar-refractivity contribution in [3.05, 3.63) is 45.4 Å². The van der Waals surface area contributed by atoms with E-state index < -0.39 is 11.8 Å². The zero-order chi connectivity index (χ0) is 15.0. The van der Waals surface area contributed by atoms with E-state index >= 15 is 0 Å². The molecule has 0 spiro atoms. The van der Waals surface area contributed by atoms with Crippen LogP contribution in [-0.2, 0) is 0 Å². The Morgan fingerprint density at radius 1 is 1.40 bits per heavy atom. The summed E-state index contributed by atoms with van der Waals surface area (Å²) in [5.41, 5.74) is 0.0800. The van der Waals surface area contributed by atoms with Crippen LogP contribution in [0.15, 0.2) is 18.2 Å². The highest BCUT2D eigenvalue weighted by Gasteiger charge is 2.26. The van der Waals surface area contributed by atoms with Crippen molar-refractivity contribution in [3.63, 3.8) is 0 Å². The average Bonchev–Trinajstić information content (AvgIpc) is 2.67. The molecule has 1 N–H and O–H groups in total. The minimum Gasteiger partial charge on any atom is -0.478 e. The van der Waals surface area contributed by atoms with E-state index in [2.05, 4.69) is 5.10 Å². The molecule has 0 aliphatic carbocycles. The number of hydrogen-bond donors (Lipinski definition) is 1. The van der Waals surface area contributed by atoms with Gasteiger partial charge in [-0.25, -0.2) is 13.9 Å². The van der Waals surface area contributed by atoms with Crippen molar-refractivity contribution in [2.45, 2.75) is 19.8 Å². The zero-order valence-corrected chi connectivity index (χ0v) is 12.2. The molecule has 1 aromatic heterocycles. The fourth-order valence-corrected chi connectivity index (χ4v) is 2.40. The Labute approximate surface area is 124 Å². The SMILES string of the molecule is CC(C)c1nn(-c2c(F)cccc2Cl)c(Cl)c1C(=O)O. The predicted molar refractivity (Wildman–Crippen MR) is 74.6 cm³/mol. The molecule has 0 aliphatic rings. The number of carbonyl (C=O) groups is 1. The van der Waals surface area contributed by atoms with Crippen LogP contribution >= 0.6 is 23.2 Å². The molecular formula is C13H11Cl2FN2O2. The van der Waals surface area contributed by atoms with Gasteiger partial charge in [0, 0.05) is 0 Å². The number of benzene rings is 1. The molecule has 0 atom stereocenters. The van der Waals surface area contributed by atoms with Crippen LogP contribution < -0.4 is 0 Å². The lowest BCUT2D eigenvalue weighted by Crippen LogP contribution is -2.02. The van der Waals surface area contributed by atoms with Crippen molar-refractivity contribution in [2.24, 2.45) is 0 Å². The third-order valence-electron chi connectivity index (χ3n) is 2.77. The summed E-state index contributed by atoms with van der Waals surface area (Å²) in [7, 11) is 0. The van der Waals surface area contributed by atoms with Gasteiger partial charge < -0.3 is 5.11 Å². The van der Waals surface area contributed by atoms with E-state index in [0.29, 0.717) is 0 Å². The Bertz CT molecular complexity index is 663. The summed E-state index contributed by atoms with van der Waals surface area (Å²) < 4.78 is 14.9. The van der Waals surface area contributed by atoms with Crippen LogP contribution in [-0.4, -0.2) is 20.9 Å². The second-order valence-corrected chi connectivity index (χ2v) is 5.26. The van der Waals surface area contributed by atoms with Crippen molar-refractivity contribution < 1.29 is 14.3 Å². The van der Waals surface area contributed by atoms with E-state index in [1.807, 2.05) is 0 Å². The van der Waals surface area contributed by atoms with Gasteiger partial charge >= 0.3 is 5.97 Å². The molecule has 20 heavy (non-hydrogen) atoms. The summed E-state index contributed by atoms with van der Waals surface area (Å²) >= 11 is 12.0. The summed E-state index contributed by atoms with van der Waals surface area (Å²) in [6.07, 6.45) is 0. The number of halogens is 3. The standard InChI is InChI=1S/C13H11Cl2FN2O2/c1-6(2)10-9(13(19)20)12(15)18(17-10)11-7(14)4-3-5-8(11)16/h3-6H,1-2H3,(H,19,20). The molecule has 0 bridgehead atoms. The van der Waals surface area contributed by atoms with Crippen molar-refractivity contribution in [1.29, 1.82) is 0 Å². The van der Waals surface area contributed by atoms with Gasteiger partial charge in [0.15, 0.2) is 0 Å². The minimum atomic E-state index is -1.21. The van der Waals surface area contributed by atoms with Crippen LogP contribution in [0.3, 0.4) is 0 Å². The highest BCUT2D eigenvalue weighted by Crippen LogP contribution is 2.32. The van der Waals surface area contributed by atoms with Gasteiger partial charge in [0.1, 0.15) is 22.2 Å². The largest absolute Gasteiger partial charge is 0.478 e. The van der Waals surface area contributed by atoms with Gasteiger partial charge in [-0.15, -0.1) is 0 Å². The second kappa shape index (κ2) is 5.42. The molecule has 0 saturated carbocycles. The van der Waals surface area contributed by atoms with Gasteiger partial charge in [0.2, 0.25) is 0 Å². The van der Waals surface area contributed by atoms with Crippen LogP contribution in [0.4, 0.5) is 4.39 Å². The Morgan fingerprint density at radius 3 is 2.50 bits per heavy atom. The molecule has 106 valence electrons. The number of nitrogens with zero attached hydrogens (tertiary/aromatic N) is 2. The van der Waals surface area contributed by atoms with E-state index in [1.54, 1.807) is 13.8 Å². The maximum Gasteiger partial charge on any atom is 0.340 e. The first kappa shape index (κ1) is 14.8. The minimum absolute atomic E-state index is 0.0615. The normalized spacial score (nSPS) is 11.1. The van der Waals surface area contributed by atoms with Crippen LogP contribution in [0, 0.1) is 5.82 Å². The molecule has 0 saturated heterocycles. The maximum absolute atomic E-state index is 13.9. The number of rotatable bonds is 3. The Kier molecular flexibility index (Phi) is 4.01. The highest BCUT2D eigenvalue weighted by molar-refractivity contribution is 6.34. The smallest absolute Gasteiger partial charge is 0.340 e.